The molecular weight excluding hydrogens is 377 g/mol. The minimum atomic E-state index is -0.370. The van der Waals surface area contributed by atoms with Gasteiger partial charge >= 0.3 is 0 Å². The van der Waals surface area contributed by atoms with Crippen LogP contribution in [0.25, 0.3) is 0 Å². The Kier molecular flexibility index (Phi) is 5.08. The van der Waals surface area contributed by atoms with Gasteiger partial charge in [0, 0.05) is 51.7 Å². The van der Waals surface area contributed by atoms with Crippen molar-refractivity contribution in [1.82, 2.24) is 24.6 Å². The van der Waals surface area contributed by atoms with Gasteiger partial charge in [0.1, 0.15) is 24.6 Å². The van der Waals surface area contributed by atoms with Crippen molar-refractivity contribution in [3.8, 4) is 0 Å². The summed E-state index contributed by atoms with van der Waals surface area (Å²) in [5.41, 5.74) is 0.126. The number of rotatable bonds is 5. The van der Waals surface area contributed by atoms with Crippen LogP contribution in [0.15, 0.2) is 30.6 Å². The van der Waals surface area contributed by atoms with Gasteiger partial charge in [-0.05, 0) is 11.6 Å². The van der Waals surface area contributed by atoms with Crippen molar-refractivity contribution in [1.29, 1.82) is 0 Å². The Bertz CT molecular complexity index is 924. The van der Waals surface area contributed by atoms with E-state index in [2.05, 4.69) is 10.2 Å². The second kappa shape index (κ2) is 7.55. The van der Waals surface area contributed by atoms with Gasteiger partial charge in [-0.1, -0.05) is 18.2 Å². The van der Waals surface area contributed by atoms with Crippen LogP contribution >= 0.6 is 0 Å². The molecule has 4 rings (SSSR count). The fraction of sp³-hybridized carbons (Fsp3) is 0.500. The zero-order valence-electron chi connectivity index (χ0n) is 16.5. The summed E-state index contributed by atoms with van der Waals surface area (Å²) in [5, 5.41) is 8.23. The molecule has 1 atom stereocenters. The number of amides is 2. The van der Waals surface area contributed by atoms with Crippen LogP contribution in [-0.4, -0.2) is 76.3 Å². The molecule has 154 valence electrons. The largest absolute Gasteiger partial charge is 0.375 e. The normalized spacial score (nSPS) is 20.2. The summed E-state index contributed by atoms with van der Waals surface area (Å²) in [7, 11) is 3.37. The highest BCUT2D eigenvalue weighted by atomic mass is 19.1. The first-order chi connectivity index (χ1) is 13.9. The van der Waals surface area contributed by atoms with Crippen LogP contribution in [0.3, 0.4) is 0 Å². The summed E-state index contributed by atoms with van der Waals surface area (Å²) in [6, 6.07) is 6.33. The van der Waals surface area contributed by atoms with E-state index in [1.54, 1.807) is 34.3 Å². The molecule has 0 bridgehead atoms. The van der Waals surface area contributed by atoms with Crippen molar-refractivity contribution in [3.63, 3.8) is 0 Å². The second-order valence-electron chi connectivity index (χ2n) is 7.94. The molecule has 1 aromatic heterocycles. The number of hydrogen-bond acceptors (Lipinski definition) is 5. The molecule has 0 N–H and O–H groups in total. The molecule has 2 amide bonds. The molecule has 29 heavy (non-hydrogen) atoms. The fourth-order valence-corrected chi connectivity index (χ4v) is 4.46. The molecule has 1 unspecified atom stereocenters. The summed E-state index contributed by atoms with van der Waals surface area (Å²) in [4.78, 5) is 28.6. The second-order valence-corrected chi connectivity index (χ2v) is 7.94. The fourth-order valence-electron chi connectivity index (χ4n) is 4.46. The standard InChI is InChI=1S/C20H24FN5O3/c1-24-13-22-23-19(24)15-8-25(18(28)9-29-2)10-20(15)11-26(12-20)17(27)7-14-5-3-4-6-16(14)21/h3-6,13,15H,7-12H2,1-2H3. The lowest BCUT2D eigenvalue weighted by molar-refractivity contribution is -0.143. The Morgan fingerprint density at radius 2 is 1.93 bits per heavy atom. The Labute approximate surface area is 168 Å². The van der Waals surface area contributed by atoms with Crippen LogP contribution in [0.5, 0.6) is 0 Å². The van der Waals surface area contributed by atoms with Crippen LogP contribution in [-0.2, 0) is 27.8 Å². The van der Waals surface area contributed by atoms with Gasteiger partial charge in [-0.3, -0.25) is 9.59 Å². The Morgan fingerprint density at radius 3 is 2.59 bits per heavy atom. The number of likely N-dealkylation sites (tertiary alicyclic amines) is 2. The molecule has 2 aromatic rings. The number of methoxy groups -OCH3 is 1. The molecule has 0 radical (unpaired) electrons. The van der Waals surface area contributed by atoms with Crippen molar-refractivity contribution in [2.24, 2.45) is 12.5 Å². The van der Waals surface area contributed by atoms with Gasteiger partial charge in [0.25, 0.3) is 0 Å². The summed E-state index contributed by atoms with van der Waals surface area (Å²) in [6.45, 7) is 2.10. The Morgan fingerprint density at radius 1 is 1.21 bits per heavy atom. The molecule has 1 spiro atoms. The monoisotopic (exact) mass is 401 g/mol. The van der Waals surface area contributed by atoms with Crippen LogP contribution in [0.2, 0.25) is 0 Å². The van der Waals surface area contributed by atoms with E-state index in [-0.39, 0.29) is 42.0 Å². The number of nitrogens with zero attached hydrogens (tertiary/aromatic N) is 5. The molecule has 8 nitrogen and oxygen atoms in total. The third kappa shape index (κ3) is 3.50. The predicted octanol–water partition coefficient (Wildman–Crippen LogP) is 0.598. The van der Waals surface area contributed by atoms with Gasteiger partial charge in [0.2, 0.25) is 11.8 Å². The van der Waals surface area contributed by atoms with Crippen LogP contribution in [0.1, 0.15) is 17.3 Å². The van der Waals surface area contributed by atoms with E-state index >= 15 is 0 Å². The first kappa shape index (κ1) is 19.5. The van der Waals surface area contributed by atoms with E-state index in [0.29, 0.717) is 31.7 Å². The van der Waals surface area contributed by atoms with Gasteiger partial charge in [0.15, 0.2) is 0 Å². The lowest BCUT2D eigenvalue weighted by atomic mass is 9.71. The Hall–Kier alpha value is -2.81. The van der Waals surface area contributed by atoms with E-state index in [1.165, 1.54) is 13.2 Å². The van der Waals surface area contributed by atoms with E-state index in [4.69, 9.17) is 4.74 Å². The molecule has 0 saturated carbocycles. The first-order valence-electron chi connectivity index (χ1n) is 9.55. The summed E-state index contributed by atoms with van der Waals surface area (Å²) < 4.78 is 20.7. The average molecular weight is 401 g/mol. The molecule has 0 aliphatic carbocycles. The molecule has 3 heterocycles. The summed E-state index contributed by atoms with van der Waals surface area (Å²) in [6.07, 6.45) is 1.67. The van der Waals surface area contributed by atoms with Crippen LogP contribution in [0.4, 0.5) is 4.39 Å². The van der Waals surface area contributed by atoms with E-state index < -0.39 is 0 Å². The number of hydrogen-bond donors (Lipinski definition) is 0. The van der Waals surface area contributed by atoms with Gasteiger partial charge in [-0.15, -0.1) is 10.2 Å². The summed E-state index contributed by atoms with van der Waals surface area (Å²) in [5.74, 6) is 0.226. The lowest BCUT2D eigenvalue weighted by Gasteiger charge is -2.50. The van der Waals surface area contributed by atoms with Crippen molar-refractivity contribution in [2.75, 3.05) is 39.9 Å². The maximum atomic E-state index is 13.9. The number of benzene rings is 1. The number of aryl methyl sites for hydroxylation is 1. The Balaban J connectivity index is 1.50. The third-order valence-corrected chi connectivity index (χ3v) is 5.99. The van der Waals surface area contributed by atoms with Crippen molar-refractivity contribution >= 4 is 11.8 Å². The SMILES string of the molecule is COCC(=O)N1CC(c2nncn2C)C2(C1)CN(C(=O)Cc1ccccc1F)C2. The quantitative estimate of drug-likeness (QED) is 0.733. The number of carbonyl (C=O) groups excluding carboxylic acids is 2. The van der Waals surface area contributed by atoms with Gasteiger partial charge in [0.05, 0.1) is 6.42 Å². The number of carbonyl (C=O) groups is 2. The van der Waals surface area contributed by atoms with Gasteiger partial charge in [-0.25, -0.2) is 4.39 Å². The highest BCUT2D eigenvalue weighted by Gasteiger charge is 2.57. The zero-order valence-corrected chi connectivity index (χ0v) is 16.5. The van der Waals surface area contributed by atoms with E-state index in [1.807, 2.05) is 11.6 Å². The third-order valence-electron chi connectivity index (χ3n) is 5.99. The molecular formula is C20H24FN5O3. The summed E-state index contributed by atoms with van der Waals surface area (Å²) >= 11 is 0. The van der Waals surface area contributed by atoms with E-state index in [9.17, 15) is 14.0 Å². The van der Waals surface area contributed by atoms with Crippen LogP contribution in [0, 0.1) is 11.2 Å². The molecule has 9 heteroatoms. The zero-order chi connectivity index (χ0) is 20.6. The van der Waals surface area contributed by atoms with Gasteiger partial charge < -0.3 is 19.1 Å². The highest BCUT2D eigenvalue weighted by Crippen LogP contribution is 2.48. The highest BCUT2D eigenvalue weighted by molar-refractivity contribution is 5.81. The smallest absolute Gasteiger partial charge is 0.248 e. The van der Waals surface area contributed by atoms with Crippen molar-refractivity contribution < 1.29 is 18.7 Å². The maximum absolute atomic E-state index is 13.9. The van der Waals surface area contributed by atoms with Gasteiger partial charge in [-0.2, -0.15) is 0 Å². The number of aromatic nitrogens is 3. The number of halogens is 1. The minimum absolute atomic E-state index is 0.0201. The van der Waals surface area contributed by atoms with Crippen LogP contribution < -0.4 is 0 Å². The predicted molar refractivity (Wildman–Crippen MR) is 101 cm³/mol. The molecule has 2 aliphatic rings. The minimum Gasteiger partial charge on any atom is -0.375 e. The molecule has 2 saturated heterocycles. The lowest BCUT2D eigenvalue weighted by Crippen LogP contribution is -2.62. The van der Waals surface area contributed by atoms with Crippen molar-refractivity contribution in [3.05, 3.63) is 47.8 Å². The molecule has 1 aromatic carbocycles. The first-order valence-corrected chi connectivity index (χ1v) is 9.55. The molecule has 2 fully saturated rings. The van der Waals surface area contributed by atoms with Crippen molar-refractivity contribution in [2.45, 2.75) is 12.3 Å². The maximum Gasteiger partial charge on any atom is 0.248 e. The average Bonchev–Trinajstić information content (AvgIpc) is 3.26. The molecule has 2 aliphatic heterocycles. The van der Waals surface area contributed by atoms with E-state index in [0.717, 1.165) is 5.82 Å². The number of ether oxygens (including phenoxy) is 1. The topological polar surface area (TPSA) is 80.6 Å².